The molecule has 2 heteroatoms. The second kappa shape index (κ2) is 5.60. The molecule has 0 aliphatic carbocycles. The van der Waals surface area contributed by atoms with E-state index in [4.69, 9.17) is 0 Å². The van der Waals surface area contributed by atoms with Crippen LogP contribution in [0.15, 0.2) is 36.4 Å². The molecule has 0 heterocycles. The van der Waals surface area contributed by atoms with E-state index in [1.54, 1.807) is 6.08 Å². The molecule has 1 aromatic carbocycles. The number of carbonyl (C=O) groups excluding carboxylic acids is 1. The molecule has 0 bridgehead atoms. The number of carbonyl (C=O) groups is 1. The average Bonchev–Trinajstić information content (AvgIpc) is 2.26. The van der Waals surface area contributed by atoms with E-state index in [9.17, 15) is 4.79 Å². The van der Waals surface area contributed by atoms with Crippen molar-refractivity contribution < 1.29 is 4.79 Å². The maximum absolute atomic E-state index is 12.2. The summed E-state index contributed by atoms with van der Waals surface area (Å²) in [6.07, 6.45) is 1.72. The van der Waals surface area contributed by atoms with E-state index in [0.29, 0.717) is 0 Å². The van der Waals surface area contributed by atoms with Crippen LogP contribution in [-0.4, -0.2) is 11.3 Å². The lowest BCUT2D eigenvalue weighted by Crippen LogP contribution is -2.35. The molecule has 104 valence electrons. The molecule has 0 atom stereocenters. The molecule has 0 unspecified atom stereocenters. The Bertz CT molecular complexity index is 458. The molecule has 0 radical (unpaired) electrons. The predicted octanol–water partition coefficient (Wildman–Crippen LogP) is 4.03. The highest BCUT2D eigenvalue weighted by atomic mass is 16.1. The van der Waals surface area contributed by atoms with Crippen LogP contribution in [0.4, 0.5) is 0 Å². The maximum Gasteiger partial charge on any atom is 0.163 e. The maximum atomic E-state index is 12.2. The van der Waals surface area contributed by atoms with Gasteiger partial charge in [-0.15, -0.1) is 0 Å². The summed E-state index contributed by atoms with van der Waals surface area (Å²) in [5, 5.41) is 3.42. The zero-order valence-electron chi connectivity index (χ0n) is 12.9. The van der Waals surface area contributed by atoms with Gasteiger partial charge in [-0.3, -0.25) is 4.79 Å². The summed E-state index contributed by atoms with van der Waals surface area (Å²) in [4.78, 5) is 12.2. The lowest BCUT2D eigenvalue weighted by molar-refractivity contribution is -0.121. The summed E-state index contributed by atoms with van der Waals surface area (Å²) < 4.78 is 0. The smallest absolute Gasteiger partial charge is 0.163 e. The largest absolute Gasteiger partial charge is 0.380 e. The van der Waals surface area contributed by atoms with E-state index in [1.165, 1.54) is 0 Å². The van der Waals surface area contributed by atoms with Gasteiger partial charge in [0.25, 0.3) is 0 Å². The van der Waals surface area contributed by atoms with Crippen molar-refractivity contribution in [2.24, 2.45) is 5.41 Å². The fourth-order valence-electron chi connectivity index (χ4n) is 1.56. The Morgan fingerprint density at radius 1 is 1.00 bits per heavy atom. The van der Waals surface area contributed by atoms with Crippen LogP contribution in [0.25, 0.3) is 5.70 Å². The number of hydrogen-bond acceptors (Lipinski definition) is 2. The van der Waals surface area contributed by atoms with Crippen LogP contribution in [0, 0.1) is 5.41 Å². The molecule has 0 amide bonds. The normalized spacial score (nSPS) is 13.3. The van der Waals surface area contributed by atoms with Gasteiger partial charge in [-0.05, 0) is 26.3 Å². The summed E-state index contributed by atoms with van der Waals surface area (Å²) in [5.41, 5.74) is 1.47. The molecular formula is C17H25NO. The molecule has 1 rings (SSSR count). The van der Waals surface area contributed by atoms with E-state index in [2.05, 4.69) is 26.1 Å². The molecule has 0 aliphatic rings. The van der Waals surface area contributed by atoms with Gasteiger partial charge in [-0.1, -0.05) is 51.1 Å². The standard InChI is InChI=1S/C17H25NO/c1-16(2,3)15(19)12-14(18-17(4,5)6)13-10-8-7-9-11-13/h7-12,18H,1-6H3/b14-12-. The first-order valence-corrected chi connectivity index (χ1v) is 6.69. The summed E-state index contributed by atoms with van der Waals surface area (Å²) in [6, 6.07) is 9.97. The van der Waals surface area contributed by atoms with Crippen LogP contribution >= 0.6 is 0 Å². The van der Waals surface area contributed by atoms with Crippen molar-refractivity contribution >= 4 is 11.5 Å². The van der Waals surface area contributed by atoms with Gasteiger partial charge in [-0.2, -0.15) is 0 Å². The molecule has 0 spiro atoms. The Balaban J connectivity index is 3.14. The minimum Gasteiger partial charge on any atom is -0.380 e. The number of hydrogen-bond donors (Lipinski definition) is 1. The molecule has 0 saturated carbocycles. The molecule has 0 saturated heterocycles. The minimum atomic E-state index is -0.362. The number of benzene rings is 1. The Kier molecular flexibility index (Phi) is 4.56. The van der Waals surface area contributed by atoms with Crippen LogP contribution in [0.3, 0.4) is 0 Å². The molecule has 0 aromatic heterocycles. The highest BCUT2D eigenvalue weighted by Crippen LogP contribution is 2.21. The topological polar surface area (TPSA) is 29.1 Å². The van der Waals surface area contributed by atoms with Crippen molar-refractivity contribution in [3.05, 3.63) is 42.0 Å². The molecule has 1 N–H and O–H groups in total. The van der Waals surface area contributed by atoms with Gasteiger partial charge in [0.15, 0.2) is 5.78 Å². The van der Waals surface area contributed by atoms with Crippen LogP contribution in [0.5, 0.6) is 0 Å². The Morgan fingerprint density at radius 2 is 1.53 bits per heavy atom. The highest BCUT2D eigenvalue weighted by molar-refractivity contribution is 5.99. The second-order valence-corrected chi connectivity index (χ2v) is 6.91. The number of rotatable bonds is 3. The summed E-state index contributed by atoms with van der Waals surface area (Å²) in [5.74, 6) is 0.128. The van der Waals surface area contributed by atoms with E-state index in [-0.39, 0.29) is 16.7 Å². The molecular weight excluding hydrogens is 234 g/mol. The summed E-state index contributed by atoms with van der Waals surface area (Å²) in [6.45, 7) is 12.1. The fraction of sp³-hybridized carbons (Fsp3) is 0.471. The number of allylic oxidation sites excluding steroid dienone is 1. The van der Waals surface area contributed by atoms with Crippen LogP contribution < -0.4 is 5.32 Å². The van der Waals surface area contributed by atoms with Gasteiger partial charge < -0.3 is 5.32 Å². The second-order valence-electron chi connectivity index (χ2n) is 6.91. The van der Waals surface area contributed by atoms with E-state index in [1.807, 2.05) is 51.1 Å². The quantitative estimate of drug-likeness (QED) is 0.830. The highest BCUT2D eigenvalue weighted by Gasteiger charge is 2.21. The van der Waals surface area contributed by atoms with Crippen LogP contribution in [0.2, 0.25) is 0 Å². The van der Waals surface area contributed by atoms with Gasteiger partial charge in [-0.25, -0.2) is 0 Å². The zero-order valence-corrected chi connectivity index (χ0v) is 12.9. The van der Waals surface area contributed by atoms with E-state index < -0.39 is 0 Å². The van der Waals surface area contributed by atoms with Gasteiger partial charge >= 0.3 is 0 Å². The Labute approximate surface area is 116 Å². The van der Waals surface area contributed by atoms with Crippen molar-refractivity contribution in [1.82, 2.24) is 5.32 Å². The molecule has 0 fully saturated rings. The van der Waals surface area contributed by atoms with Crippen LogP contribution in [-0.2, 0) is 4.79 Å². The first kappa shape index (κ1) is 15.5. The van der Waals surface area contributed by atoms with Crippen molar-refractivity contribution in [1.29, 1.82) is 0 Å². The first-order valence-electron chi connectivity index (χ1n) is 6.69. The van der Waals surface area contributed by atoms with Gasteiger partial charge in [0.05, 0.1) is 0 Å². The third kappa shape index (κ3) is 5.29. The molecule has 1 aromatic rings. The van der Waals surface area contributed by atoms with Crippen LogP contribution in [0.1, 0.15) is 47.1 Å². The zero-order chi connectivity index (χ0) is 14.7. The lowest BCUT2D eigenvalue weighted by Gasteiger charge is -2.25. The molecule has 2 nitrogen and oxygen atoms in total. The van der Waals surface area contributed by atoms with Crippen molar-refractivity contribution in [2.45, 2.75) is 47.1 Å². The molecule has 19 heavy (non-hydrogen) atoms. The van der Waals surface area contributed by atoms with Crippen molar-refractivity contribution in [3.63, 3.8) is 0 Å². The minimum absolute atomic E-state index is 0.0835. The Hall–Kier alpha value is -1.57. The monoisotopic (exact) mass is 259 g/mol. The van der Waals surface area contributed by atoms with Crippen molar-refractivity contribution in [2.75, 3.05) is 0 Å². The van der Waals surface area contributed by atoms with Crippen molar-refractivity contribution in [3.8, 4) is 0 Å². The summed E-state index contributed by atoms with van der Waals surface area (Å²) >= 11 is 0. The lowest BCUT2D eigenvalue weighted by atomic mass is 9.89. The number of nitrogens with one attached hydrogen (secondary N) is 1. The number of ketones is 1. The van der Waals surface area contributed by atoms with E-state index >= 15 is 0 Å². The fourth-order valence-corrected chi connectivity index (χ4v) is 1.56. The van der Waals surface area contributed by atoms with E-state index in [0.717, 1.165) is 11.3 Å². The third-order valence-electron chi connectivity index (χ3n) is 2.61. The predicted molar refractivity (Wildman–Crippen MR) is 81.8 cm³/mol. The van der Waals surface area contributed by atoms with Gasteiger partial charge in [0.2, 0.25) is 0 Å². The molecule has 0 aliphatic heterocycles. The van der Waals surface area contributed by atoms with Gasteiger partial charge in [0.1, 0.15) is 0 Å². The van der Waals surface area contributed by atoms with Gasteiger partial charge in [0, 0.05) is 22.7 Å². The summed E-state index contributed by atoms with van der Waals surface area (Å²) in [7, 11) is 0. The average molecular weight is 259 g/mol. The third-order valence-corrected chi connectivity index (χ3v) is 2.61. The first-order chi connectivity index (χ1) is 8.59. The SMILES string of the molecule is CC(C)(C)N/C(=C\C(=O)C(C)(C)C)c1ccccc1. The Morgan fingerprint density at radius 3 is 1.95 bits per heavy atom.